The molecule has 9 nitrogen and oxygen atoms in total. The van der Waals surface area contributed by atoms with Gasteiger partial charge in [-0.1, -0.05) is 18.2 Å². The topological polar surface area (TPSA) is 117 Å². The fraction of sp³-hybridized carbons (Fsp3) is 0.400. The molecule has 2 aromatic carbocycles. The Balaban J connectivity index is 1.53. The highest BCUT2D eigenvalue weighted by Crippen LogP contribution is 2.37. The lowest BCUT2D eigenvalue weighted by Gasteiger charge is -2.21. The van der Waals surface area contributed by atoms with Gasteiger partial charge in [-0.3, -0.25) is 0 Å². The Kier molecular flexibility index (Phi) is 8.00. The van der Waals surface area contributed by atoms with Gasteiger partial charge in [-0.05, 0) is 95.0 Å². The van der Waals surface area contributed by atoms with E-state index >= 15 is 0 Å². The van der Waals surface area contributed by atoms with E-state index in [-0.39, 0.29) is 11.0 Å². The van der Waals surface area contributed by atoms with Crippen LogP contribution in [-0.2, 0) is 16.3 Å². The molecule has 0 saturated carbocycles. The molecule has 0 fully saturated rings. The van der Waals surface area contributed by atoms with E-state index in [0.29, 0.717) is 17.5 Å². The first kappa shape index (κ1) is 27.9. The number of ether oxygens (including phenoxy) is 1. The van der Waals surface area contributed by atoms with Crippen LogP contribution in [-0.4, -0.2) is 49.4 Å². The van der Waals surface area contributed by atoms with Crippen molar-refractivity contribution in [2.45, 2.75) is 63.7 Å². The Morgan fingerprint density at radius 1 is 0.975 bits per heavy atom. The second-order valence-electron chi connectivity index (χ2n) is 10.8. The lowest BCUT2D eigenvalue weighted by Crippen LogP contribution is -2.20. The van der Waals surface area contributed by atoms with Gasteiger partial charge in [0.1, 0.15) is 17.4 Å². The summed E-state index contributed by atoms with van der Waals surface area (Å²) < 4.78 is 32.4. The van der Waals surface area contributed by atoms with Crippen LogP contribution >= 0.6 is 0 Å². The second-order valence-corrected chi connectivity index (χ2v) is 13.2. The van der Waals surface area contributed by atoms with Gasteiger partial charge < -0.3 is 26.0 Å². The number of nitrogens with zero attached hydrogens (tertiary/aromatic N) is 2. The normalized spacial score (nSPS) is 15.0. The Hall–Kier alpha value is -3.63. The third-order valence-electron chi connectivity index (χ3n) is 7.09. The third-order valence-corrected chi connectivity index (χ3v) is 9.30. The standard InChI is InChI=1S/C30H38N6O3S/c1-18(2)39-26-17-23(21-10-13-31-14-11-21)20(5)16-25(26)34-30-35-28-22(12-15-32-28)29(36-30)33-24-8-6-7-9-27(24)40(37,38)19(3)4/h6-10,16-19,31H,11-15H2,1-5H3,(H3,32,33,34,35,36). The number of fused-ring (bicyclic) bond motifs is 1. The molecular weight excluding hydrogens is 524 g/mol. The smallest absolute Gasteiger partial charge is 0.231 e. The molecule has 1 aromatic heterocycles. The summed E-state index contributed by atoms with van der Waals surface area (Å²) in [5, 5.41) is 12.9. The van der Waals surface area contributed by atoms with E-state index in [1.54, 1.807) is 32.0 Å². The number of sulfone groups is 1. The molecule has 0 radical (unpaired) electrons. The van der Waals surface area contributed by atoms with Crippen LogP contribution in [0, 0.1) is 6.92 Å². The Morgan fingerprint density at radius 3 is 2.50 bits per heavy atom. The molecule has 0 amide bonds. The molecule has 10 heteroatoms. The van der Waals surface area contributed by atoms with Gasteiger partial charge >= 0.3 is 0 Å². The highest BCUT2D eigenvalue weighted by Gasteiger charge is 2.25. The highest BCUT2D eigenvalue weighted by molar-refractivity contribution is 7.92. The zero-order valence-electron chi connectivity index (χ0n) is 23.8. The van der Waals surface area contributed by atoms with Gasteiger partial charge in [0.05, 0.1) is 27.6 Å². The molecule has 3 heterocycles. The van der Waals surface area contributed by atoms with Crippen molar-refractivity contribution in [3.8, 4) is 5.75 Å². The SMILES string of the molecule is Cc1cc(Nc2nc3c(c(Nc4ccccc4S(=O)(=O)C(C)C)n2)CCN3)c(OC(C)C)cc1C1=CCNCC1. The average molecular weight is 563 g/mol. The van der Waals surface area contributed by atoms with Gasteiger partial charge in [0.15, 0.2) is 9.84 Å². The van der Waals surface area contributed by atoms with E-state index in [1.165, 1.54) is 11.1 Å². The lowest BCUT2D eigenvalue weighted by molar-refractivity contribution is 0.243. The minimum absolute atomic E-state index is 0.0163. The predicted octanol–water partition coefficient (Wildman–Crippen LogP) is 5.59. The molecule has 4 N–H and O–H groups in total. The molecule has 0 bridgehead atoms. The molecule has 5 rings (SSSR count). The minimum Gasteiger partial charge on any atom is -0.489 e. The van der Waals surface area contributed by atoms with E-state index in [0.717, 1.165) is 60.9 Å². The highest BCUT2D eigenvalue weighted by atomic mass is 32.2. The Morgan fingerprint density at radius 2 is 1.77 bits per heavy atom. The second kappa shape index (κ2) is 11.5. The maximum absolute atomic E-state index is 13.1. The molecule has 0 saturated heterocycles. The summed E-state index contributed by atoms with van der Waals surface area (Å²) in [5.41, 5.74) is 5.83. The lowest BCUT2D eigenvalue weighted by atomic mass is 9.95. The average Bonchev–Trinajstić information content (AvgIpc) is 3.40. The van der Waals surface area contributed by atoms with Crippen molar-refractivity contribution in [3.63, 3.8) is 0 Å². The maximum Gasteiger partial charge on any atom is 0.231 e. The van der Waals surface area contributed by atoms with Gasteiger partial charge in [0, 0.05) is 18.7 Å². The van der Waals surface area contributed by atoms with Crippen LogP contribution in [0.2, 0.25) is 0 Å². The molecule has 3 aromatic rings. The first-order valence-corrected chi connectivity index (χ1v) is 15.4. The fourth-order valence-corrected chi connectivity index (χ4v) is 6.20. The number of anilines is 5. The number of hydrogen-bond acceptors (Lipinski definition) is 9. The molecule has 2 aliphatic heterocycles. The van der Waals surface area contributed by atoms with Gasteiger partial charge in [-0.25, -0.2) is 8.42 Å². The third kappa shape index (κ3) is 5.78. The molecule has 2 aliphatic rings. The first-order chi connectivity index (χ1) is 19.1. The summed E-state index contributed by atoms with van der Waals surface area (Å²) in [6.45, 7) is 12.0. The molecule has 0 unspecified atom stereocenters. The number of para-hydroxylation sites is 1. The van der Waals surface area contributed by atoms with Crippen molar-refractivity contribution in [2.24, 2.45) is 0 Å². The summed E-state index contributed by atoms with van der Waals surface area (Å²) in [4.78, 5) is 9.82. The van der Waals surface area contributed by atoms with Gasteiger partial charge in [0.25, 0.3) is 0 Å². The number of rotatable bonds is 9. The van der Waals surface area contributed by atoms with Gasteiger partial charge in [-0.2, -0.15) is 9.97 Å². The summed E-state index contributed by atoms with van der Waals surface area (Å²) >= 11 is 0. The number of aryl methyl sites for hydroxylation is 1. The molecule has 212 valence electrons. The molecular formula is C30H38N6O3S. The summed E-state index contributed by atoms with van der Waals surface area (Å²) in [5.74, 6) is 2.42. The maximum atomic E-state index is 13.1. The van der Waals surface area contributed by atoms with Crippen molar-refractivity contribution in [3.05, 3.63) is 59.2 Å². The van der Waals surface area contributed by atoms with Crippen molar-refractivity contribution in [1.29, 1.82) is 0 Å². The summed E-state index contributed by atoms with van der Waals surface area (Å²) in [6, 6.07) is 11.1. The zero-order chi connectivity index (χ0) is 28.4. The van der Waals surface area contributed by atoms with E-state index in [1.807, 2.05) is 19.9 Å². The Labute approximate surface area is 236 Å². The van der Waals surface area contributed by atoms with Crippen molar-refractivity contribution < 1.29 is 13.2 Å². The van der Waals surface area contributed by atoms with Gasteiger partial charge in [-0.15, -0.1) is 0 Å². The van der Waals surface area contributed by atoms with Crippen molar-refractivity contribution in [2.75, 3.05) is 35.6 Å². The van der Waals surface area contributed by atoms with Crippen molar-refractivity contribution >= 4 is 44.4 Å². The van der Waals surface area contributed by atoms with Crippen LogP contribution in [0.4, 0.5) is 29.0 Å². The zero-order valence-corrected chi connectivity index (χ0v) is 24.6. The summed E-state index contributed by atoms with van der Waals surface area (Å²) in [6.07, 6.45) is 3.92. The van der Waals surface area contributed by atoms with Crippen LogP contribution < -0.4 is 26.0 Å². The molecule has 0 spiro atoms. The number of nitrogens with one attached hydrogen (secondary N) is 4. The van der Waals surface area contributed by atoms with Crippen LogP contribution in [0.5, 0.6) is 5.75 Å². The minimum atomic E-state index is -3.50. The fourth-order valence-electron chi connectivity index (χ4n) is 5.00. The largest absolute Gasteiger partial charge is 0.489 e. The van der Waals surface area contributed by atoms with E-state index in [4.69, 9.17) is 14.7 Å². The number of benzene rings is 2. The molecule has 0 atom stereocenters. The summed E-state index contributed by atoms with van der Waals surface area (Å²) in [7, 11) is -3.50. The first-order valence-electron chi connectivity index (χ1n) is 13.9. The van der Waals surface area contributed by atoms with Crippen LogP contribution in [0.3, 0.4) is 0 Å². The van der Waals surface area contributed by atoms with Gasteiger partial charge in [0.2, 0.25) is 5.95 Å². The van der Waals surface area contributed by atoms with E-state index in [9.17, 15) is 8.42 Å². The molecule has 40 heavy (non-hydrogen) atoms. The number of hydrogen-bond donors (Lipinski definition) is 4. The van der Waals surface area contributed by atoms with Crippen LogP contribution in [0.25, 0.3) is 5.57 Å². The quantitative estimate of drug-likeness (QED) is 0.265. The Bertz CT molecular complexity index is 1550. The molecule has 0 aliphatic carbocycles. The van der Waals surface area contributed by atoms with Crippen LogP contribution in [0.15, 0.2) is 47.4 Å². The van der Waals surface area contributed by atoms with Crippen LogP contribution in [0.1, 0.15) is 50.8 Å². The number of aromatic nitrogens is 2. The van der Waals surface area contributed by atoms with E-state index in [2.05, 4.69) is 46.4 Å². The van der Waals surface area contributed by atoms with E-state index < -0.39 is 15.1 Å². The van der Waals surface area contributed by atoms with Crippen molar-refractivity contribution in [1.82, 2.24) is 15.3 Å². The monoisotopic (exact) mass is 562 g/mol. The predicted molar refractivity (Wildman–Crippen MR) is 162 cm³/mol.